The molecule has 1 atom stereocenters. The lowest BCUT2D eigenvalue weighted by Gasteiger charge is -2.18. The third-order valence-corrected chi connectivity index (χ3v) is 4.04. The molecule has 2 aromatic carbocycles. The third kappa shape index (κ3) is 1.57. The molecule has 1 aromatic heterocycles. The SMILES string of the molecule is O=NN1c2ccccc2C(=NO)C1c1c[nH]c2ccccc12. The van der Waals surface area contributed by atoms with Crippen molar-refractivity contribution in [2.24, 2.45) is 10.4 Å². The summed E-state index contributed by atoms with van der Waals surface area (Å²) in [6.45, 7) is 0. The summed E-state index contributed by atoms with van der Waals surface area (Å²) in [5.74, 6) is 0. The molecule has 2 N–H and O–H groups in total. The van der Waals surface area contributed by atoms with Crippen LogP contribution in [0.3, 0.4) is 0 Å². The predicted molar refractivity (Wildman–Crippen MR) is 84.1 cm³/mol. The second kappa shape index (κ2) is 4.70. The zero-order valence-corrected chi connectivity index (χ0v) is 11.5. The van der Waals surface area contributed by atoms with Crippen molar-refractivity contribution in [3.8, 4) is 0 Å². The number of hydrogen-bond donors (Lipinski definition) is 2. The van der Waals surface area contributed by atoms with E-state index in [1.807, 2.05) is 48.7 Å². The molecule has 4 rings (SSSR count). The van der Waals surface area contributed by atoms with Gasteiger partial charge in [0.25, 0.3) is 0 Å². The number of nitrogens with zero attached hydrogens (tertiary/aromatic N) is 3. The van der Waals surface area contributed by atoms with Crippen LogP contribution in [0.25, 0.3) is 10.9 Å². The molecule has 6 nitrogen and oxygen atoms in total. The van der Waals surface area contributed by atoms with Crippen molar-refractivity contribution in [3.63, 3.8) is 0 Å². The number of H-pyrrole nitrogens is 1. The number of aromatic nitrogens is 1. The minimum atomic E-state index is -0.545. The van der Waals surface area contributed by atoms with E-state index in [2.05, 4.69) is 15.4 Å². The van der Waals surface area contributed by atoms with Crippen molar-refractivity contribution in [1.82, 2.24) is 4.98 Å². The van der Waals surface area contributed by atoms with Crippen molar-refractivity contribution in [2.75, 3.05) is 5.01 Å². The number of nitrogens with one attached hydrogen (secondary N) is 1. The summed E-state index contributed by atoms with van der Waals surface area (Å²) in [6.07, 6.45) is 1.82. The second-order valence-electron chi connectivity index (χ2n) is 5.12. The highest BCUT2D eigenvalue weighted by atomic mass is 16.4. The highest BCUT2D eigenvalue weighted by Crippen LogP contribution is 2.42. The molecule has 2 heterocycles. The molecule has 0 fully saturated rings. The minimum Gasteiger partial charge on any atom is -0.411 e. The Balaban J connectivity index is 1.96. The third-order valence-electron chi connectivity index (χ3n) is 4.04. The Morgan fingerprint density at radius 2 is 1.86 bits per heavy atom. The molecule has 0 spiro atoms. The first kappa shape index (κ1) is 12.6. The molecule has 0 aliphatic carbocycles. The van der Waals surface area contributed by atoms with Crippen molar-refractivity contribution >= 4 is 22.3 Å². The van der Waals surface area contributed by atoms with Gasteiger partial charge in [-0.2, -0.15) is 0 Å². The Morgan fingerprint density at radius 3 is 2.68 bits per heavy atom. The molecule has 3 aromatic rings. The molecule has 1 aliphatic heterocycles. The van der Waals surface area contributed by atoms with Crippen molar-refractivity contribution in [3.05, 3.63) is 70.8 Å². The molecule has 108 valence electrons. The van der Waals surface area contributed by atoms with Crippen molar-refractivity contribution in [1.29, 1.82) is 0 Å². The fourth-order valence-corrected chi connectivity index (χ4v) is 3.09. The standard InChI is InChI=1S/C16H12N4O2/c21-18-15-11-6-2-4-8-14(11)20(19-22)16(15)12-9-17-13-7-3-1-5-10(12)13/h1-9,16-17,21H. The van der Waals surface area contributed by atoms with E-state index < -0.39 is 6.04 Å². The first-order valence-electron chi connectivity index (χ1n) is 6.85. The normalized spacial score (nSPS) is 18.8. The summed E-state index contributed by atoms with van der Waals surface area (Å²) < 4.78 is 0. The topological polar surface area (TPSA) is 81.1 Å². The summed E-state index contributed by atoms with van der Waals surface area (Å²) in [5.41, 5.74) is 3.57. The molecular formula is C16H12N4O2. The molecule has 22 heavy (non-hydrogen) atoms. The van der Waals surface area contributed by atoms with Gasteiger partial charge in [-0.1, -0.05) is 41.6 Å². The van der Waals surface area contributed by atoms with Crippen LogP contribution >= 0.6 is 0 Å². The second-order valence-corrected chi connectivity index (χ2v) is 5.12. The van der Waals surface area contributed by atoms with Crippen LogP contribution in [0.2, 0.25) is 0 Å². The van der Waals surface area contributed by atoms with E-state index in [0.29, 0.717) is 17.0 Å². The average molecular weight is 292 g/mol. The summed E-state index contributed by atoms with van der Waals surface area (Å²) in [5, 5.41) is 18.4. The largest absolute Gasteiger partial charge is 0.411 e. The summed E-state index contributed by atoms with van der Waals surface area (Å²) in [7, 11) is 0. The lowest BCUT2D eigenvalue weighted by atomic mass is 10.00. The first-order valence-corrected chi connectivity index (χ1v) is 6.85. The fourth-order valence-electron chi connectivity index (χ4n) is 3.09. The number of nitroso groups, excluding NO2 is 1. The van der Waals surface area contributed by atoms with Crippen LogP contribution in [0.15, 0.2) is 65.2 Å². The molecule has 6 heteroatoms. The highest BCUT2D eigenvalue weighted by molar-refractivity contribution is 6.15. The summed E-state index contributed by atoms with van der Waals surface area (Å²) in [6, 6.07) is 14.5. The number of para-hydroxylation sites is 2. The zero-order valence-electron chi connectivity index (χ0n) is 11.5. The van der Waals surface area contributed by atoms with E-state index in [4.69, 9.17) is 0 Å². The number of fused-ring (bicyclic) bond motifs is 2. The van der Waals surface area contributed by atoms with Gasteiger partial charge in [0.05, 0.1) is 11.0 Å². The lowest BCUT2D eigenvalue weighted by Crippen LogP contribution is -2.22. The molecule has 0 amide bonds. The van der Waals surface area contributed by atoms with Gasteiger partial charge in [0, 0.05) is 28.2 Å². The monoisotopic (exact) mass is 292 g/mol. The first-order chi connectivity index (χ1) is 10.8. The van der Waals surface area contributed by atoms with Gasteiger partial charge in [0.1, 0.15) is 11.8 Å². The molecular weight excluding hydrogens is 280 g/mol. The van der Waals surface area contributed by atoms with Gasteiger partial charge in [0.15, 0.2) is 0 Å². The van der Waals surface area contributed by atoms with Crippen LogP contribution in [0.1, 0.15) is 17.2 Å². The maximum atomic E-state index is 11.4. The van der Waals surface area contributed by atoms with Crippen LogP contribution in [-0.2, 0) is 0 Å². The summed E-state index contributed by atoms with van der Waals surface area (Å²) >= 11 is 0. The van der Waals surface area contributed by atoms with Gasteiger partial charge >= 0.3 is 0 Å². The molecule has 1 aliphatic rings. The number of rotatable bonds is 2. The smallest absolute Gasteiger partial charge is 0.129 e. The predicted octanol–water partition coefficient (Wildman–Crippen LogP) is 3.59. The Bertz CT molecular complexity index is 900. The van der Waals surface area contributed by atoms with E-state index in [1.54, 1.807) is 6.07 Å². The fraction of sp³-hybridized carbons (Fsp3) is 0.0625. The molecule has 0 saturated carbocycles. The maximum Gasteiger partial charge on any atom is 0.129 e. The Morgan fingerprint density at radius 1 is 1.09 bits per heavy atom. The zero-order chi connectivity index (χ0) is 15.1. The quantitative estimate of drug-likeness (QED) is 0.430. The number of aromatic amines is 1. The molecule has 0 saturated heterocycles. The maximum absolute atomic E-state index is 11.4. The highest BCUT2D eigenvalue weighted by Gasteiger charge is 2.39. The van der Waals surface area contributed by atoms with E-state index in [9.17, 15) is 10.1 Å². The van der Waals surface area contributed by atoms with Crippen LogP contribution in [0.4, 0.5) is 5.69 Å². The van der Waals surface area contributed by atoms with Gasteiger partial charge in [0.2, 0.25) is 0 Å². The molecule has 0 bridgehead atoms. The van der Waals surface area contributed by atoms with Crippen LogP contribution in [0, 0.1) is 4.91 Å². The molecule has 1 unspecified atom stereocenters. The van der Waals surface area contributed by atoms with Crippen molar-refractivity contribution < 1.29 is 5.21 Å². The Labute approximate surface area is 125 Å². The average Bonchev–Trinajstić information content (AvgIpc) is 3.12. The van der Waals surface area contributed by atoms with Gasteiger partial charge in [-0.3, -0.25) is 0 Å². The Kier molecular flexibility index (Phi) is 2.69. The van der Waals surface area contributed by atoms with Crippen LogP contribution in [0.5, 0.6) is 0 Å². The van der Waals surface area contributed by atoms with E-state index in [-0.39, 0.29) is 0 Å². The number of anilines is 1. The lowest BCUT2D eigenvalue weighted by molar-refractivity contribution is 0.317. The van der Waals surface area contributed by atoms with E-state index >= 15 is 0 Å². The minimum absolute atomic E-state index is 0.417. The Hall–Kier alpha value is -3.15. The number of benzene rings is 2. The van der Waals surface area contributed by atoms with Gasteiger partial charge in [-0.25, -0.2) is 5.01 Å². The molecule has 0 radical (unpaired) electrons. The van der Waals surface area contributed by atoms with E-state index in [1.165, 1.54) is 5.01 Å². The summed E-state index contributed by atoms with van der Waals surface area (Å²) in [4.78, 5) is 14.6. The van der Waals surface area contributed by atoms with Gasteiger partial charge in [-0.05, 0) is 12.1 Å². The number of oxime groups is 1. The number of hydrogen-bond acceptors (Lipinski definition) is 4. The van der Waals surface area contributed by atoms with Gasteiger partial charge in [-0.15, -0.1) is 4.91 Å². The van der Waals surface area contributed by atoms with Gasteiger partial charge < -0.3 is 10.2 Å². The van der Waals surface area contributed by atoms with Crippen LogP contribution < -0.4 is 5.01 Å². The van der Waals surface area contributed by atoms with E-state index in [0.717, 1.165) is 16.5 Å². The van der Waals surface area contributed by atoms with Crippen LogP contribution in [-0.4, -0.2) is 15.9 Å². The van der Waals surface area contributed by atoms with Crippen molar-refractivity contribution in [2.45, 2.75) is 6.04 Å².